The van der Waals surface area contributed by atoms with Crippen molar-refractivity contribution in [1.82, 2.24) is 4.90 Å². The number of hydrogen-bond donors (Lipinski definition) is 0. The average Bonchev–Trinajstić information content (AvgIpc) is 2.59. The van der Waals surface area contributed by atoms with E-state index in [-0.39, 0.29) is 6.29 Å². The Morgan fingerprint density at radius 3 is 2.75 bits per heavy atom. The molecule has 2 aliphatic rings. The van der Waals surface area contributed by atoms with E-state index in [9.17, 15) is 0 Å². The first-order chi connectivity index (χ1) is 5.95. The van der Waals surface area contributed by atoms with Gasteiger partial charge in [-0.15, -0.1) is 0 Å². The Morgan fingerprint density at radius 2 is 2.08 bits per heavy atom. The van der Waals surface area contributed by atoms with Crippen LogP contribution in [0.3, 0.4) is 0 Å². The summed E-state index contributed by atoms with van der Waals surface area (Å²) in [6, 6.07) is 0. The van der Waals surface area contributed by atoms with Gasteiger partial charge in [0, 0.05) is 19.6 Å². The van der Waals surface area contributed by atoms with Crippen molar-refractivity contribution in [2.75, 3.05) is 32.8 Å². The van der Waals surface area contributed by atoms with Crippen molar-refractivity contribution in [3.8, 4) is 0 Å². The maximum atomic E-state index is 5.37. The molecule has 0 bridgehead atoms. The van der Waals surface area contributed by atoms with Crippen molar-refractivity contribution in [3.63, 3.8) is 0 Å². The summed E-state index contributed by atoms with van der Waals surface area (Å²) in [5.74, 6) is 0. The van der Waals surface area contributed by atoms with Gasteiger partial charge in [0.05, 0.1) is 13.2 Å². The third-order valence-electron chi connectivity index (χ3n) is 2.24. The van der Waals surface area contributed by atoms with E-state index in [4.69, 9.17) is 9.47 Å². The average molecular weight is 169 g/mol. The van der Waals surface area contributed by atoms with Crippen LogP contribution in [-0.4, -0.2) is 44.0 Å². The lowest BCUT2D eigenvalue weighted by atomic mass is 10.2. The van der Waals surface area contributed by atoms with Crippen LogP contribution in [0.15, 0.2) is 12.2 Å². The van der Waals surface area contributed by atoms with Crippen molar-refractivity contribution in [1.29, 1.82) is 0 Å². The van der Waals surface area contributed by atoms with E-state index in [0.29, 0.717) is 0 Å². The van der Waals surface area contributed by atoms with E-state index in [0.717, 1.165) is 39.3 Å². The van der Waals surface area contributed by atoms with Gasteiger partial charge in [0.2, 0.25) is 0 Å². The highest BCUT2D eigenvalue weighted by Crippen LogP contribution is 2.08. The molecule has 0 aliphatic carbocycles. The molecule has 0 atom stereocenters. The van der Waals surface area contributed by atoms with Crippen LogP contribution in [-0.2, 0) is 9.47 Å². The highest BCUT2D eigenvalue weighted by molar-refractivity contribution is 4.90. The fourth-order valence-electron chi connectivity index (χ4n) is 1.58. The first-order valence-corrected chi connectivity index (χ1v) is 4.56. The van der Waals surface area contributed by atoms with Gasteiger partial charge in [-0.1, -0.05) is 12.2 Å². The number of rotatable bonds is 2. The van der Waals surface area contributed by atoms with Crippen LogP contribution in [0.5, 0.6) is 0 Å². The van der Waals surface area contributed by atoms with E-state index < -0.39 is 0 Å². The minimum Gasteiger partial charge on any atom is -0.349 e. The van der Waals surface area contributed by atoms with Crippen molar-refractivity contribution >= 4 is 0 Å². The fourth-order valence-corrected chi connectivity index (χ4v) is 1.58. The van der Waals surface area contributed by atoms with Crippen molar-refractivity contribution < 1.29 is 9.47 Å². The zero-order valence-corrected chi connectivity index (χ0v) is 7.24. The number of nitrogens with zero attached hydrogens (tertiary/aromatic N) is 1. The zero-order chi connectivity index (χ0) is 8.23. The first kappa shape index (κ1) is 8.23. The standard InChI is InChI=1S/C9H15NO2/c1-2-4-10(5-3-1)8-9-11-6-7-12-9/h1-2,9H,3-8H2. The van der Waals surface area contributed by atoms with Crippen LogP contribution < -0.4 is 0 Å². The fraction of sp³-hybridized carbons (Fsp3) is 0.778. The number of ether oxygens (including phenoxy) is 2. The normalized spacial score (nSPS) is 26.7. The molecule has 0 radical (unpaired) electrons. The molecule has 0 aromatic rings. The van der Waals surface area contributed by atoms with Crippen LogP contribution in [0, 0.1) is 0 Å². The van der Waals surface area contributed by atoms with E-state index in [1.54, 1.807) is 0 Å². The summed E-state index contributed by atoms with van der Waals surface area (Å²) in [7, 11) is 0. The molecule has 2 aliphatic heterocycles. The molecule has 0 aromatic carbocycles. The quantitative estimate of drug-likeness (QED) is 0.566. The maximum absolute atomic E-state index is 5.37. The van der Waals surface area contributed by atoms with Crippen LogP contribution in [0.1, 0.15) is 6.42 Å². The second kappa shape index (κ2) is 4.03. The lowest BCUT2D eigenvalue weighted by Crippen LogP contribution is -2.35. The van der Waals surface area contributed by atoms with Gasteiger partial charge in [0.1, 0.15) is 0 Å². The molecule has 0 N–H and O–H groups in total. The molecule has 3 heteroatoms. The molecule has 2 rings (SSSR count). The number of hydrogen-bond acceptors (Lipinski definition) is 3. The third kappa shape index (κ3) is 2.06. The highest BCUT2D eigenvalue weighted by Gasteiger charge is 2.19. The van der Waals surface area contributed by atoms with Gasteiger partial charge in [-0.3, -0.25) is 4.90 Å². The molecule has 1 saturated heterocycles. The van der Waals surface area contributed by atoms with E-state index in [1.165, 1.54) is 0 Å². The van der Waals surface area contributed by atoms with Gasteiger partial charge >= 0.3 is 0 Å². The maximum Gasteiger partial charge on any atom is 0.170 e. The van der Waals surface area contributed by atoms with E-state index in [2.05, 4.69) is 17.1 Å². The Kier molecular flexibility index (Phi) is 2.76. The summed E-state index contributed by atoms with van der Waals surface area (Å²) in [6.07, 6.45) is 5.62. The molecule has 0 unspecified atom stereocenters. The predicted molar refractivity (Wildman–Crippen MR) is 45.9 cm³/mol. The molecular weight excluding hydrogens is 154 g/mol. The molecule has 3 nitrogen and oxygen atoms in total. The van der Waals surface area contributed by atoms with Crippen LogP contribution in [0.2, 0.25) is 0 Å². The Bertz CT molecular complexity index is 164. The van der Waals surface area contributed by atoms with Crippen LogP contribution in [0.4, 0.5) is 0 Å². The van der Waals surface area contributed by atoms with Gasteiger partial charge in [-0.2, -0.15) is 0 Å². The van der Waals surface area contributed by atoms with Gasteiger partial charge in [0.25, 0.3) is 0 Å². The summed E-state index contributed by atoms with van der Waals surface area (Å²) >= 11 is 0. The van der Waals surface area contributed by atoms with E-state index in [1.807, 2.05) is 0 Å². The van der Waals surface area contributed by atoms with E-state index >= 15 is 0 Å². The lowest BCUT2D eigenvalue weighted by Gasteiger charge is -2.24. The predicted octanol–water partition coefficient (Wildman–Crippen LogP) is 0.621. The van der Waals surface area contributed by atoms with Crippen molar-refractivity contribution in [3.05, 3.63) is 12.2 Å². The Balaban J connectivity index is 1.74. The molecular formula is C9H15NO2. The summed E-state index contributed by atoms with van der Waals surface area (Å²) < 4.78 is 10.7. The minimum atomic E-state index is 0.0245. The molecule has 0 spiro atoms. The largest absolute Gasteiger partial charge is 0.349 e. The molecule has 0 amide bonds. The van der Waals surface area contributed by atoms with Crippen molar-refractivity contribution in [2.24, 2.45) is 0 Å². The molecule has 0 saturated carbocycles. The molecule has 1 fully saturated rings. The Morgan fingerprint density at radius 1 is 1.25 bits per heavy atom. The van der Waals surface area contributed by atoms with Gasteiger partial charge < -0.3 is 9.47 Å². The summed E-state index contributed by atoms with van der Waals surface area (Å²) in [5.41, 5.74) is 0. The summed E-state index contributed by atoms with van der Waals surface area (Å²) in [5, 5.41) is 0. The van der Waals surface area contributed by atoms with Crippen LogP contribution >= 0.6 is 0 Å². The smallest absolute Gasteiger partial charge is 0.170 e. The Labute approximate surface area is 72.9 Å². The molecule has 12 heavy (non-hydrogen) atoms. The summed E-state index contributed by atoms with van der Waals surface area (Å²) in [4.78, 5) is 2.36. The second-order valence-electron chi connectivity index (χ2n) is 3.19. The van der Waals surface area contributed by atoms with Crippen molar-refractivity contribution in [2.45, 2.75) is 12.7 Å². The first-order valence-electron chi connectivity index (χ1n) is 4.56. The van der Waals surface area contributed by atoms with Gasteiger partial charge in [0.15, 0.2) is 6.29 Å². The summed E-state index contributed by atoms with van der Waals surface area (Å²) in [6.45, 7) is 4.62. The highest BCUT2D eigenvalue weighted by atomic mass is 16.7. The SMILES string of the molecule is C1=CCN(CC2OCCO2)CC1. The molecule has 0 aromatic heterocycles. The monoisotopic (exact) mass is 169 g/mol. The third-order valence-corrected chi connectivity index (χ3v) is 2.24. The second-order valence-corrected chi connectivity index (χ2v) is 3.19. The zero-order valence-electron chi connectivity index (χ0n) is 7.24. The Hall–Kier alpha value is -0.380. The van der Waals surface area contributed by atoms with Crippen LogP contribution in [0.25, 0.3) is 0 Å². The van der Waals surface area contributed by atoms with Gasteiger partial charge in [-0.05, 0) is 6.42 Å². The lowest BCUT2D eigenvalue weighted by molar-refractivity contribution is -0.0605. The molecule has 68 valence electrons. The topological polar surface area (TPSA) is 21.7 Å². The molecule has 2 heterocycles. The minimum absolute atomic E-state index is 0.0245. The van der Waals surface area contributed by atoms with Gasteiger partial charge in [-0.25, -0.2) is 0 Å².